The van der Waals surface area contributed by atoms with E-state index in [0.29, 0.717) is 11.8 Å². The highest BCUT2D eigenvalue weighted by atomic mass is 16.3. The van der Waals surface area contributed by atoms with Crippen LogP contribution in [-0.4, -0.2) is 6.54 Å². The predicted octanol–water partition coefficient (Wildman–Crippen LogP) is 2.54. The second-order valence-electron chi connectivity index (χ2n) is 4.55. The van der Waals surface area contributed by atoms with Crippen molar-refractivity contribution in [1.29, 1.82) is 0 Å². The summed E-state index contributed by atoms with van der Waals surface area (Å²) < 4.78 is 5.49. The van der Waals surface area contributed by atoms with Crippen LogP contribution in [0.3, 0.4) is 0 Å². The van der Waals surface area contributed by atoms with Gasteiger partial charge in [-0.25, -0.2) is 0 Å². The molecule has 14 heavy (non-hydrogen) atoms. The lowest BCUT2D eigenvalue weighted by Crippen LogP contribution is -2.27. The van der Waals surface area contributed by atoms with Crippen molar-refractivity contribution in [3.05, 3.63) is 23.7 Å². The molecule has 1 heterocycles. The van der Waals surface area contributed by atoms with Gasteiger partial charge in [-0.3, -0.25) is 0 Å². The Morgan fingerprint density at radius 2 is 2.43 bits per heavy atom. The van der Waals surface area contributed by atoms with E-state index in [1.165, 1.54) is 17.7 Å². The van der Waals surface area contributed by atoms with E-state index in [1.807, 2.05) is 6.26 Å². The fourth-order valence-electron chi connectivity index (χ4n) is 2.71. The summed E-state index contributed by atoms with van der Waals surface area (Å²) in [6.45, 7) is 5.33. The maximum absolute atomic E-state index is 5.76. The average Bonchev–Trinajstić information content (AvgIpc) is 2.64. The number of rotatable bonds is 2. The summed E-state index contributed by atoms with van der Waals surface area (Å²) in [7, 11) is 0. The Hall–Kier alpha value is -0.760. The number of hydrogen-bond acceptors (Lipinski definition) is 2. The van der Waals surface area contributed by atoms with Gasteiger partial charge in [0.1, 0.15) is 5.76 Å². The molecule has 2 rings (SSSR count). The first-order valence-electron chi connectivity index (χ1n) is 5.50. The zero-order valence-electron chi connectivity index (χ0n) is 8.99. The van der Waals surface area contributed by atoms with Gasteiger partial charge in [0.25, 0.3) is 0 Å². The van der Waals surface area contributed by atoms with Gasteiger partial charge >= 0.3 is 0 Å². The standard InChI is InChI=1S/C12H19NO/c1-8-3-4-11-10(5-6-14-11)12(8)9(2)7-13/h5-6,8-9,12H,3-4,7,13H2,1-2H3. The van der Waals surface area contributed by atoms with E-state index in [4.69, 9.17) is 10.2 Å². The third-order valence-corrected chi connectivity index (χ3v) is 3.56. The van der Waals surface area contributed by atoms with Gasteiger partial charge in [0.05, 0.1) is 6.26 Å². The topological polar surface area (TPSA) is 39.2 Å². The Bertz CT molecular complexity index is 305. The first-order valence-corrected chi connectivity index (χ1v) is 5.50. The minimum absolute atomic E-state index is 0.557. The van der Waals surface area contributed by atoms with Gasteiger partial charge < -0.3 is 10.2 Å². The van der Waals surface area contributed by atoms with Gasteiger partial charge in [-0.15, -0.1) is 0 Å². The van der Waals surface area contributed by atoms with E-state index >= 15 is 0 Å². The lowest BCUT2D eigenvalue weighted by atomic mass is 9.73. The first kappa shape index (κ1) is 9.78. The molecule has 0 spiro atoms. The molecule has 1 aliphatic rings. The van der Waals surface area contributed by atoms with Crippen molar-refractivity contribution >= 4 is 0 Å². The van der Waals surface area contributed by atoms with Crippen molar-refractivity contribution in [3.63, 3.8) is 0 Å². The van der Waals surface area contributed by atoms with Crippen LogP contribution in [0.4, 0.5) is 0 Å². The third kappa shape index (κ3) is 1.48. The van der Waals surface area contributed by atoms with E-state index in [0.717, 1.165) is 18.9 Å². The highest BCUT2D eigenvalue weighted by molar-refractivity contribution is 5.26. The minimum Gasteiger partial charge on any atom is -0.469 e. The molecule has 0 aromatic carbocycles. The first-order chi connectivity index (χ1) is 6.74. The quantitative estimate of drug-likeness (QED) is 0.784. The average molecular weight is 193 g/mol. The summed E-state index contributed by atoms with van der Waals surface area (Å²) >= 11 is 0. The van der Waals surface area contributed by atoms with Gasteiger partial charge in [-0.2, -0.15) is 0 Å². The highest BCUT2D eigenvalue weighted by Crippen LogP contribution is 2.40. The Balaban J connectivity index is 2.31. The van der Waals surface area contributed by atoms with Crippen molar-refractivity contribution in [2.24, 2.45) is 17.6 Å². The van der Waals surface area contributed by atoms with E-state index in [2.05, 4.69) is 19.9 Å². The fourth-order valence-corrected chi connectivity index (χ4v) is 2.71. The van der Waals surface area contributed by atoms with Crippen molar-refractivity contribution in [2.45, 2.75) is 32.6 Å². The van der Waals surface area contributed by atoms with E-state index < -0.39 is 0 Å². The molecular weight excluding hydrogens is 174 g/mol. The summed E-state index contributed by atoms with van der Waals surface area (Å²) in [5.41, 5.74) is 7.16. The Morgan fingerprint density at radius 1 is 1.64 bits per heavy atom. The van der Waals surface area contributed by atoms with Crippen LogP contribution in [0.25, 0.3) is 0 Å². The van der Waals surface area contributed by atoms with Crippen LogP contribution in [0, 0.1) is 11.8 Å². The summed E-state index contributed by atoms with van der Waals surface area (Å²) in [6, 6.07) is 2.13. The maximum atomic E-state index is 5.76. The van der Waals surface area contributed by atoms with Gasteiger partial charge in [0.2, 0.25) is 0 Å². The van der Waals surface area contributed by atoms with Crippen LogP contribution < -0.4 is 5.73 Å². The molecule has 1 aromatic rings. The lowest BCUT2D eigenvalue weighted by Gasteiger charge is -2.32. The van der Waals surface area contributed by atoms with Gasteiger partial charge in [0, 0.05) is 6.42 Å². The molecule has 2 nitrogen and oxygen atoms in total. The van der Waals surface area contributed by atoms with Crippen molar-refractivity contribution in [3.8, 4) is 0 Å². The number of fused-ring (bicyclic) bond motifs is 1. The molecule has 0 amide bonds. The molecule has 0 bridgehead atoms. The molecule has 0 saturated heterocycles. The van der Waals surface area contributed by atoms with Crippen LogP contribution >= 0.6 is 0 Å². The minimum atomic E-state index is 0.557. The van der Waals surface area contributed by atoms with Gasteiger partial charge in [-0.1, -0.05) is 13.8 Å². The Labute approximate surface area is 85.5 Å². The maximum Gasteiger partial charge on any atom is 0.107 e. The summed E-state index contributed by atoms with van der Waals surface area (Å²) in [6.07, 6.45) is 4.14. The molecule has 78 valence electrons. The fraction of sp³-hybridized carbons (Fsp3) is 0.667. The highest BCUT2D eigenvalue weighted by Gasteiger charge is 2.31. The zero-order chi connectivity index (χ0) is 10.1. The van der Waals surface area contributed by atoms with Crippen molar-refractivity contribution < 1.29 is 4.42 Å². The molecule has 0 aliphatic heterocycles. The molecule has 1 aliphatic carbocycles. The number of nitrogens with two attached hydrogens (primary N) is 1. The van der Waals surface area contributed by atoms with Crippen LogP contribution in [0.1, 0.15) is 37.5 Å². The summed E-state index contributed by atoms with van der Waals surface area (Å²) in [5.74, 6) is 3.08. The number of furan rings is 1. The molecule has 1 aromatic heterocycles. The Morgan fingerprint density at radius 3 is 3.14 bits per heavy atom. The van der Waals surface area contributed by atoms with Crippen molar-refractivity contribution in [2.75, 3.05) is 6.54 Å². The summed E-state index contributed by atoms with van der Waals surface area (Å²) in [5, 5.41) is 0. The van der Waals surface area contributed by atoms with Crippen LogP contribution in [-0.2, 0) is 6.42 Å². The third-order valence-electron chi connectivity index (χ3n) is 3.56. The SMILES string of the molecule is CC(CN)C1c2ccoc2CCC1C. The molecule has 2 N–H and O–H groups in total. The summed E-state index contributed by atoms with van der Waals surface area (Å²) in [4.78, 5) is 0. The van der Waals surface area contributed by atoms with E-state index in [-0.39, 0.29) is 0 Å². The number of hydrogen-bond donors (Lipinski definition) is 1. The van der Waals surface area contributed by atoms with Crippen molar-refractivity contribution in [1.82, 2.24) is 0 Å². The number of aryl methyl sites for hydroxylation is 1. The van der Waals surface area contributed by atoms with E-state index in [1.54, 1.807) is 0 Å². The smallest absolute Gasteiger partial charge is 0.107 e. The molecule has 0 saturated carbocycles. The molecule has 3 atom stereocenters. The van der Waals surface area contributed by atoms with Gasteiger partial charge in [-0.05, 0) is 42.3 Å². The van der Waals surface area contributed by atoms with Gasteiger partial charge in [0.15, 0.2) is 0 Å². The second kappa shape index (κ2) is 3.77. The Kier molecular flexibility index (Phi) is 2.64. The lowest BCUT2D eigenvalue weighted by molar-refractivity contribution is 0.298. The molecule has 0 radical (unpaired) electrons. The van der Waals surface area contributed by atoms with Crippen LogP contribution in [0.5, 0.6) is 0 Å². The van der Waals surface area contributed by atoms with Crippen LogP contribution in [0.15, 0.2) is 16.7 Å². The monoisotopic (exact) mass is 193 g/mol. The second-order valence-corrected chi connectivity index (χ2v) is 4.55. The zero-order valence-corrected chi connectivity index (χ0v) is 8.99. The molecule has 3 unspecified atom stereocenters. The molecule has 2 heteroatoms. The van der Waals surface area contributed by atoms with E-state index in [9.17, 15) is 0 Å². The molecule has 0 fully saturated rings. The molecular formula is C12H19NO. The van der Waals surface area contributed by atoms with Crippen LogP contribution in [0.2, 0.25) is 0 Å². The largest absolute Gasteiger partial charge is 0.469 e. The predicted molar refractivity (Wildman–Crippen MR) is 57.2 cm³/mol. The normalized spacial score (nSPS) is 28.5.